The average molecular weight is 215 g/mol. The maximum atomic E-state index is 11.5. The molecule has 0 unspecified atom stereocenters. The molecule has 1 aromatic heterocycles. The van der Waals surface area contributed by atoms with E-state index in [0.29, 0.717) is 5.52 Å². The van der Waals surface area contributed by atoms with Gasteiger partial charge in [-0.1, -0.05) is 18.2 Å². The fourth-order valence-electron chi connectivity index (χ4n) is 1.50. The zero-order valence-electron chi connectivity index (χ0n) is 8.38. The number of carbonyl (C=O) groups is 1. The van der Waals surface area contributed by atoms with Crippen LogP contribution in [-0.2, 0) is 11.2 Å². The number of carboxylic acid groups (broad SMARTS) is 1. The van der Waals surface area contributed by atoms with E-state index in [1.165, 1.54) is 6.20 Å². The predicted molar refractivity (Wildman–Crippen MR) is 59.4 cm³/mol. The van der Waals surface area contributed by atoms with Crippen LogP contribution in [0.2, 0.25) is 0 Å². The maximum absolute atomic E-state index is 11.5. The van der Waals surface area contributed by atoms with Crippen molar-refractivity contribution in [3.05, 3.63) is 52.3 Å². The molecule has 1 aromatic carbocycles. The topological polar surface area (TPSA) is 67.3 Å². The number of aromatic nitrogens is 1. The van der Waals surface area contributed by atoms with E-state index in [9.17, 15) is 9.59 Å². The van der Waals surface area contributed by atoms with E-state index in [1.54, 1.807) is 18.2 Å². The molecular formula is C12H9NO3. The zero-order chi connectivity index (χ0) is 11.5. The number of hydrogen-bond acceptors (Lipinski definition) is 3. The largest absolute Gasteiger partial charge is 0.481 e. The number of hydrogen-bond donors (Lipinski definition) is 1. The molecule has 0 amide bonds. The van der Waals surface area contributed by atoms with Gasteiger partial charge in [0.2, 0.25) is 5.43 Å². The summed E-state index contributed by atoms with van der Waals surface area (Å²) in [6.45, 7) is 0. The molecule has 0 saturated carbocycles. The van der Waals surface area contributed by atoms with Crippen LogP contribution in [0.4, 0.5) is 0 Å². The monoisotopic (exact) mass is 215 g/mol. The van der Waals surface area contributed by atoms with Crippen LogP contribution in [0.1, 0.15) is 5.56 Å². The molecule has 0 spiro atoms. The molecule has 0 atom stereocenters. The summed E-state index contributed by atoms with van der Waals surface area (Å²) in [4.78, 5) is 26.1. The Morgan fingerprint density at radius 2 is 2.06 bits per heavy atom. The van der Waals surface area contributed by atoms with E-state index in [2.05, 4.69) is 4.98 Å². The van der Waals surface area contributed by atoms with Crippen molar-refractivity contribution in [1.82, 2.24) is 4.98 Å². The summed E-state index contributed by atoms with van der Waals surface area (Å²) in [6, 6.07) is 8.79. The standard InChI is InChI=1S/C12H9NO3/c14-11-7-13-10-4-2-1-3-8(10)5-9(11)6-12(15)16/h1-5,7H,6H2,(H,15,16). The van der Waals surface area contributed by atoms with Crippen molar-refractivity contribution >= 4 is 16.9 Å². The number of fused-ring (bicyclic) bond motifs is 1. The molecule has 80 valence electrons. The van der Waals surface area contributed by atoms with Crippen molar-refractivity contribution in [3.63, 3.8) is 0 Å². The van der Waals surface area contributed by atoms with Gasteiger partial charge in [-0.25, -0.2) is 0 Å². The van der Waals surface area contributed by atoms with Gasteiger partial charge in [-0.3, -0.25) is 14.6 Å². The number of benzene rings is 1. The molecule has 2 rings (SSSR count). The minimum atomic E-state index is -1.02. The normalized spacial score (nSPS) is 10.2. The first-order valence-corrected chi connectivity index (χ1v) is 4.76. The van der Waals surface area contributed by atoms with Gasteiger partial charge in [0.1, 0.15) is 0 Å². The minimum absolute atomic E-state index is 0.251. The first-order valence-electron chi connectivity index (χ1n) is 4.76. The van der Waals surface area contributed by atoms with Crippen LogP contribution >= 0.6 is 0 Å². The number of carboxylic acids is 1. The number of aliphatic carboxylic acids is 1. The van der Waals surface area contributed by atoms with Gasteiger partial charge >= 0.3 is 5.97 Å². The zero-order valence-corrected chi connectivity index (χ0v) is 8.38. The molecule has 0 saturated heterocycles. The summed E-state index contributed by atoms with van der Waals surface area (Å²) in [5.41, 5.74) is 0.580. The molecule has 0 aliphatic heterocycles. The van der Waals surface area contributed by atoms with Crippen LogP contribution in [0.15, 0.2) is 41.3 Å². The van der Waals surface area contributed by atoms with Gasteiger partial charge in [0, 0.05) is 10.9 Å². The molecule has 4 heteroatoms. The van der Waals surface area contributed by atoms with E-state index in [-0.39, 0.29) is 17.4 Å². The molecule has 0 aliphatic rings. The number of para-hydroxylation sites is 1. The van der Waals surface area contributed by atoms with Gasteiger partial charge in [0.25, 0.3) is 0 Å². The molecule has 16 heavy (non-hydrogen) atoms. The van der Waals surface area contributed by atoms with Gasteiger partial charge in [0.05, 0.1) is 18.1 Å². The van der Waals surface area contributed by atoms with Crippen molar-refractivity contribution < 1.29 is 9.90 Å². The van der Waals surface area contributed by atoms with Crippen LogP contribution < -0.4 is 5.43 Å². The Labute approximate surface area is 91.2 Å². The average Bonchev–Trinajstić information content (AvgIpc) is 2.39. The lowest BCUT2D eigenvalue weighted by Crippen LogP contribution is -2.10. The first-order chi connectivity index (χ1) is 7.66. The molecule has 0 fully saturated rings. The van der Waals surface area contributed by atoms with E-state index in [0.717, 1.165) is 5.39 Å². The third-order valence-electron chi connectivity index (χ3n) is 2.25. The Morgan fingerprint density at radius 3 is 2.81 bits per heavy atom. The fourth-order valence-corrected chi connectivity index (χ4v) is 1.50. The smallest absolute Gasteiger partial charge is 0.307 e. The SMILES string of the molecule is O=C(O)Cc1cc2ccccc2ncc1=O. The lowest BCUT2D eigenvalue weighted by atomic mass is 10.1. The van der Waals surface area contributed by atoms with Crippen LogP contribution in [-0.4, -0.2) is 16.1 Å². The minimum Gasteiger partial charge on any atom is -0.481 e. The summed E-state index contributed by atoms with van der Waals surface area (Å²) in [5.74, 6) is -1.02. The molecule has 0 aliphatic carbocycles. The highest BCUT2D eigenvalue weighted by Crippen LogP contribution is 2.09. The molecule has 0 radical (unpaired) electrons. The van der Waals surface area contributed by atoms with Gasteiger partial charge < -0.3 is 5.11 Å². The van der Waals surface area contributed by atoms with E-state index >= 15 is 0 Å². The van der Waals surface area contributed by atoms with E-state index in [4.69, 9.17) is 5.11 Å². The van der Waals surface area contributed by atoms with E-state index < -0.39 is 5.97 Å². The molecule has 0 bridgehead atoms. The van der Waals surface area contributed by atoms with Crippen molar-refractivity contribution in [2.24, 2.45) is 0 Å². The summed E-state index contributed by atoms with van der Waals surface area (Å²) >= 11 is 0. The Balaban J connectivity index is 2.71. The third-order valence-corrected chi connectivity index (χ3v) is 2.25. The lowest BCUT2D eigenvalue weighted by Gasteiger charge is -1.91. The van der Waals surface area contributed by atoms with E-state index in [1.807, 2.05) is 12.1 Å². The second-order valence-corrected chi connectivity index (χ2v) is 3.42. The quantitative estimate of drug-likeness (QED) is 0.817. The lowest BCUT2D eigenvalue weighted by molar-refractivity contribution is -0.136. The third kappa shape index (κ3) is 2.06. The van der Waals surface area contributed by atoms with Crippen molar-refractivity contribution in [3.8, 4) is 0 Å². The summed E-state index contributed by atoms with van der Waals surface area (Å²) in [5, 5.41) is 9.45. The summed E-state index contributed by atoms with van der Waals surface area (Å²) in [7, 11) is 0. The van der Waals surface area contributed by atoms with Crippen LogP contribution in [0, 0.1) is 0 Å². The predicted octanol–water partition coefficient (Wildman–Crippen LogP) is 1.22. The van der Waals surface area contributed by atoms with Gasteiger partial charge in [0.15, 0.2) is 0 Å². The maximum Gasteiger partial charge on any atom is 0.307 e. The van der Waals surface area contributed by atoms with Crippen LogP contribution in [0.5, 0.6) is 0 Å². The highest BCUT2D eigenvalue weighted by atomic mass is 16.4. The van der Waals surface area contributed by atoms with Crippen LogP contribution in [0.3, 0.4) is 0 Å². The highest BCUT2D eigenvalue weighted by Gasteiger charge is 2.04. The Bertz CT molecular complexity index is 607. The molecule has 4 nitrogen and oxygen atoms in total. The molecular weight excluding hydrogens is 206 g/mol. The second kappa shape index (κ2) is 4.10. The Kier molecular flexibility index (Phi) is 2.64. The fraction of sp³-hybridized carbons (Fsp3) is 0.0833. The summed E-state index contributed by atoms with van der Waals surface area (Å²) in [6.07, 6.45) is 0.889. The molecule has 1 N–H and O–H groups in total. The van der Waals surface area contributed by atoms with Gasteiger partial charge in [-0.05, 0) is 12.1 Å². The summed E-state index contributed by atoms with van der Waals surface area (Å²) < 4.78 is 0. The highest BCUT2D eigenvalue weighted by molar-refractivity contribution is 5.79. The van der Waals surface area contributed by atoms with Gasteiger partial charge in [-0.2, -0.15) is 0 Å². The van der Waals surface area contributed by atoms with Crippen molar-refractivity contribution in [2.45, 2.75) is 6.42 Å². The van der Waals surface area contributed by atoms with Gasteiger partial charge in [-0.15, -0.1) is 0 Å². The van der Waals surface area contributed by atoms with Crippen molar-refractivity contribution in [1.29, 1.82) is 0 Å². The van der Waals surface area contributed by atoms with Crippen molar-refractivity contribution in [2.75, 3.05) is 0 Å². The Morgan fingerprint density at radius 1 is 1.31 bits per heavy atom. The Hall–Kier alpha value is -2.23. The second-order valence-electron chi connectivity index (χ2n) is 3.42. The molecule has 1 heterocycles. The van der Waals surface area contributed by atoms with Crippen LogP contribution in [0.25, 0.3) is 10.9 Å². The molecule has 2 aromatic rings. The number of rotatable bonds is 2. The first kappa shape index (κ1) is 10.3. The number of nitrogens with zero attached hydrogens (tertiary/aromatic N) is 1.